The van der Waals surface area contributed by atoms with Crippen molar-refractivity contribution in [1.29, 1.82) is 0 Å². The van der Waals surface area contributed by atoms with Crippen LogP contribution in [0.15, 0.2) is 17.5 Å². The predicted octanol–water partition coefficient (Wildman–Crippen LogP) is 0.231. The van der Waals surface area contributed by atoms with Gasteiger partial charge in [-0.3, -0.25) is 4.79 Å². The Morgan fingerprint density at radius 1 is 1.56 bits per heavy atom. The van der Waals surface area contributed by atoms with Crippen LogP contribution in [0, 0.1) is 0 Å². The Labute approximate surface area is 112 Å². The second-order valence-electron chi connectivity index (χ2n) is 4.50. The molecule has 0 unspecified atom stereocenters. The monoisotopic (exact) mass is 269 g/mol. The van der Waals surface area contributed by atoms with E-state index in [0.717, 1.165) is 32.8 Å². The van der Waals surface area contributed by atoms with Gasteiger partial charge in [-0.1, -0.05) is 13.0 Å². The average Bonchev–Trinajstić information content (AvgIpc) is 2.94. The highest BCUT2D eigenvalue weighted by molar-refractivity contribution is 7.10. The number of quaternary nitrogens is 1. The van der Waals surface area contributed by atoms with Crippen molar-refractivity contribution in [2.45, 2.75) is 19.4 Å². The van der Waals surface area contributed by atoms with E-state index >= 15 is 0 Å². The van der Waals surface area contributed by atoms with Crippen LogP contribution in [0.3, 0.4) is 0 Å². The van der Waals surface area contributed by atoms with E-state index in [1.54, 1.807) is 11.3 Å². The van der Waals surface area contributed by atoms with Gasteiger partial charge in [0.15, 0.2) is 0 Å². The maximum atomic E-state index is 11.4. The highest BCUT2D eigenvalue weighted by atomic mass is 32.1. The van der Waals surface area contributed by atoms with E-state index in [1.165, 1.54) is 9.78 Å². The van der Waals surface area contributed by atoms with E-state index < -0.39 is 0 Å². The zero-order valence-electron chi connectivity index (χ0n) is 10.8. The molecule has 18 heavy (non-hydrogen) atoms. The number of amides is 1. The summed E-state index contributed by atoms with van der Waals surface area (Å²) in [5.41, 5.74) is 0. The molecule has 1 aliphatic heterocycles. The zero-order chi connectivity index (χ0) is 12.8. The molecule has 1 saturated heterocycles. The maximum Gasteiger partial charge on any atom is 0.219 e. The molecule has 0 aromatic carbocycles. The van der Waals surface area contributed by atoms with Crippen LogP contribution in [0.1, 0.15) is 24.3 Å². The molecule has 1 atom stereocenters. The van der Waals surface area contributed by atoms with Crippen molar-refractivity contribution in [2.75, 3.05) is 32.8 Å². The van der Waals surface area contributed by atoms with Crippen molar-refractivity contribution in [3.63, 3.8) is 0 Å². The number of ether oxygens (including phenoxy) is 1. The van der Waals surface area contributed by atoms with Gasteiger partial charge < -0.3 is 15.0 Å². The van der Waals surface area contributed by atoms with Gasteiger partial charge in [0.05, 0.1) is 24.6 Å². The van der Waals surface area contributed by atoms with Gasteiger partial charge in [0.1, 0.15) is 19.1 Å². The van der Waals surface area contributed by atoms with Crippen LogP contribution < -0.4 is 10.2 Å². The summed E-state index contributed by atoms with van der Waals surface area (Å²) in [6.07, 6.45) is 0.551. The molecule has 2 N–H and O–H groups in total. The molecule has 1 aromatic heterocycles. The molecule has 1 fully saturated rings. The summed E-state index contributed by atoms with van der Waals surface area (Å²) in [7, 11) is 0. The van der Waals surface area contributed by atoms with Crippen molar-refractivity contribution in [3.8, 4) is 0 Å². The number of morpholine rings is 1. The minimum atomic E-state index is 0.129. The first-order valence-electron chi connectivity index (χ1n) is 6.53. The second kappa shape index (κ2) is 6.87. The van der Waals surface area contributed by atoms with Crippen molar-refractivity contribution in [1.82, 2.24) is 5.32 Å². The summed E-state index contributed by atoms with van der Waals surface area (Å²) in [4.78, 5) is 14.3. The lowest BCUT2D eigenvalue weighted by Crippen LogP contribution is -3.15. The molecule has 0 radical (unpaired) electrons. The fourth-order valence-electron chi connectivity index (χ4n) is 2.26. The van der Waals surface area contributed by atoms with E-state index in [0.29, 0.717) is 12.5 Å². The van der Waals surface area contributed by atoms with Gasteiger partial charge in [-0.2, -0.15) is 0 Å². The van der Waals surface area contributed by atoms with Crippen molar-refractivity contribution >= 4 is 17.2 Å². The van der Waals surface area contributed by atoms with Crippen LogP contribution in [0.4, 0.5) is 0 Å². The first-order valence-corrected chi connectivity index (χ1v) is 7.41. The van der Waals surface area contributed by atoms with Crippen LogP contribution in [-0.4, -0.2) is 38.8 Å². The van der Waals surface area contributed by atoms with Crippen LogP contribution >= 0.6 is 11.3 Å². The van der Waals surface area contributed by atoms with Gasteiger partial charge in [0.2, 0.25) is 5.91 Å². The molecule has 0 saturated carbocycles. The molecular weight excluding hydrogens is 248 g/mol. The summed E-state index contributed by atoms with van der Waals surface area (Å²) in [6, 6.07) is 4.61. The van der Waals surface area contributed by atoms with Crippen molar-refractivity contribution < 1.29 is 14.4 Å². The lowest BCUT2D eigenvalue weighted by Gasteiger charge is -2.31. The highest BCUT2D eigenvalue weighted by Gasteiger charge is 2.27. The number of carbonyl (C=O) groups excluding carboxylic acids is 1. The molecule has 1 aromatic rings. The Morgan fingerprint density at radius 2 is 2.33 bits per heavy atom. The highest BCUT2D eigenvalue weighted by Crippen LogP contribution is 2.16. The lowest BCUT2D eigenvalue weighted by molar-refractivity contribution is -0.937. The number of hydrogen-bond acceptors (Lipinski definition) is 3. The van der Waals surface area contributed by atoms with Crippen LogP contribution in [0.2, 0.25) is 0 Å². The van der Waals surface area contributed by atoms with E-state index in [2.05, 4.69) is 22.8 Å². The van der Waals surface area contributed by atoms with Gasteiger partial charge in [-0.15, -0.1) is 11.3 Å². The van der Waals surface area contributed by atoms with Crippen molar-refractivity contribution in [3.05, 3.63) is 22.4 Å². The molecular formula is C13H21N2O2S+. The number of carbonyl (C=O) groups is 1. The summed E-state index contributed by atoms with van der Waals surface area (Å²) < 4.78 is 5.41. The summed E-state index contributed by atoms with van der Waals surface area (Å²) >= 11 is 1.77. The predicted molar refractivity (Wildman–Crippen MR) is 71.9 cm³/mol. The molecule has 5 heteroatoms. The Kier molecular flexibility index (Phi) is 5.16. The van der Waals surface area contributed by atoms with E-state index in [1.807, 2.05) is 6.92 Å². The topological polar surface area (TPSA) is 42.8 Å². The standard InChI is InChI=1S/C13H20N2O2S/c1-2-13(16)14-10-11(12-4-3-9-18-12)15-5-7-17-8-6-15/h3-4,9,11H,2,5-8,10H2,1H3,(H,14,16)/p+1/t11-/m1/s1. The number of rotatable bonds is 5. The van der Waals surface area contributed by atoms with Gasteiger partial charge in [-0.25, -0.2) is 0 Å². The molecule has 0 spiro atoms. The summed E-state index contributed by atoms with van der Waals surface area (Å²) in [5.74, 6) is 0.129. The minimum absolute atomic E-state index is 0.129. The molecule has 0 bridgehead atoms. The summed E-state index contributed by atoms with van der Waals surface area (Å²) in [6.45, 7) is 6.28. The third kappa shape index (κ3) is 3.54. The van der Waals surface area contributed by atoms with Crippen molar-refractivity contribution in [2.24, 2.45) is 0 Å². The number of thiophene rings is 1. The Bertz CT molecular complexity index is 361. The van der Waals surface area contributed by atoms with E-state index in [9.17, 15) is 4.79 Å². The smallest absolute Gasteiger partial charge is 0.219 e. The quantitative estimate of drug-likeness (QED) is 0.803. The molecule has 1 amide bonds. The fraction of sp³-hybridized carbons (Fsp3) is 0.615. The molecule has 2 rings (SSSR count). The third-order valence-electron chi connectivity index (χ3n) is 3.34. The zero-order valence-corrected chi connectivity index (χ0v) is 11.6. The molecule has 4 nitrogen and oxygen atoms in total. The maximum absolute atomic E-state index is 11.4. The normalized spacial score (nSPS) is 18.5. The Hall–Kier alpha value is -0.910. The van der Waals surface area contributed by atoms with E-state index in [4.69, 9.17) is 4.74 Å². The van der Waals surface area contributed by atoms with Gasteiger partial charge >= 0.3 is 0 Å². The molecule has 2 heterocycles. The number of nitrogens with one attached hydrogen (secondary N) is 2. The molecule has 100 valence electrons. The second-order valence-corrected chi connectivity index (χ2v) is 5.48. The van der Waals surface area contributed by atoms with Crippen LogP contribution in [-0.2, 0) is 9.53 Å². The average molecular weight is 269 g/mol. The Balaban J connectivity index is 2.00. The van der Waals surface area contributed by atoms with Gasteiger partial charge in [0, 0.05) is 6.42 Å². The summed E-state index contributed by atoms with van der Waals surface area (Å²) in [5, 5.41) is 5.13. The van der Waals surface area contributed by atoms with E-state index in [-0.39, 0.29) is 5.91 Å². The minimum Gasteiger partial charge on any atom is -0.370 e. The van der Waals surface area contributed by atoms with Crippen LogP contribution in [0.5, 0.6) is 0 Å². The first kappa shape index (κ1) is 13.5. The largest absolute Gasteiger partial charge is 0.370 e. The fourth-order valence-corrected chi connectivity index (χ4v) is 3.14. The van der Waals surface area contributed by atoms with Gasteiger partial charge in [0.25, 0.3) is 0 Å². The van der Waals surface area contributed by atoms with Crippen LogP contribution in [0.25, 0.3) is 0 Å². The Morgan fingerprint density at radius 3 is 2.94 bits per heavy atom. The third-order valence-corrected chi connectivity index (χ3v) is 4.32. The SMILES string of the molecule is CCC(=O)NC[C@H](c1cccs1)[NH+]1CCOCC1. The lowest BCUT2D eigenvalue weighted by atomic mass is 10.2. The number of hydrogen-bond donors (Lipinski definition) is 2. The first-order chi connectivity index (χ1) is 8.81. The molecule has 1 aliphatic rings. The molecule has 0 aliphatic carbocycles. The van der Waals surface area contributed by atoms with Gasteiger partial charge in [-0.05, 0) is 11.4 Å².